The van der Waals surface area contributed by atoms with Gasteiger partial charge >= 0.3 is 0 Å². The number of hydrogen-bond acceptors (Lipinski definition) is 11. The fourth-order valence-electron chi connectivity index (χ4n) is 3.14. The predicted molar refractivity (Wildman–Crippen MR) is 113 cm³/mol. The molecule has 0 spiro atoms. The van der Waals surface area contributed by atoms with Crippen LogP contribution in [0.4, 0.5) is 28.1 Å². The van der Waals surface area contributed by atoms with Gasteiger partial charge in [0.1, 0.15) is 29.3 Å². The molecular formula is C19H16N10OS. The summed E-state index contributed by atoms with van der Waals surface area (Å²) in [5.41, 5.74) is 1.44. The summed E-state index contributed by atoms with van der Waals surface area (Å²) in [4.78, 5) is 12.8. The lowest BCUT2D eigenvalue weighted by atomic mass is 10.1. The van der Waals surface area contributed by atoms with Gasteiger partial charge in [-0.25, -0.2) is 4.98 Å². The summed E-state index contributed by atoms with van der Waals surface area (Å²) in [5, 5.41) is 47.3. The molecular weight excluding hydrogens is 416 g/mol. The number of thiazole rings is 1. The summed E-state index contributed by atoms with van der Waals surface area (Å²) in [6, 6.07) is 6.83. The number of aromatic amines is 1. The molecule has 1 aliphatic heterocycles. The Morgan fingerprint density at radius 1 is 1.03 bits per heavy atom. The average Bonchev–Trinajstić information content (AvgIpc) is 3.47. The van der Waals surface area contributed by atoms with Crippen molar-refractivity contribution in [2.75, 3.05) is 18.0 Å². The number of azo groups is 2. The molecule has 0 unspecified atom stereocenters. The van der Waals surface area contributed by atoms with Crippen molar-refractivity contribution in [1.29, 1.82) is 10.5 Å². The fourth-order valence-corrected chi connectivity index (χ4v) is 3.59. The highest BCUT2D eigenvalue weighted by Gasteiger charge is 2.18. The molecule has 3 heterocycles. The van der Waals surface area contributed by atoms with Crippen molar-refractivity contribution in [3.05, 3.63) is 35.1 Å². The van der Waals surface area contributed by atoms with E-state index in [1.807, 2.05) is 17.5 Å². The number of phenols is 1. The number of phenolic OH excluding ortho intramolecular Hbond substituents is 1. The van der Waals surface area contributed by atoms with Crippen LogP contribution in [0.15, 0.2) is 44.2 Å². The molecule has 0 aliphatic carbocycles. The van der Waals surface area contributed by atoms with Crippen LogP contribution in [0, 0.1) is 22.7 Å². The third-order valence-electron chi connectivity index (χ3n) is 4.59. The minimum atomic E-state index is -0.134. The maximum atomic E-state index is 10.5. The number of nitriles is 2. The minimum absolute atomic E-state index is 0.000411. The third-order valence-corrected chi connectivity index (χ3v) is 5.25. The number of hydrogen-bond donors (Lipinski definition) is 2. The highest BCUT2D eigenvalue weighted by Crippen LogP contribution is 2.41. The van der Waals surface area contributed by atoms with E-state index in [0.717, 1.165) is 38.0 Å². The number of rotatable bonds is 5. The Morgan fingerprint density at radius 3 is 2.52 bits per heavy atom. The number of aromatic hydroxyl groups is 1. The molecule has 1 fully saturated rings. The van der Waals surface area contributed by atoms with Gasteiger partial charge < -0.3 is 15.0 Å². The van der Waals surface area contributed by atoms with Crippen LogP contribution in [0.5, 0.6) is 5.75 Å². The van der Waals surface area contributed by atoms with Gasteiger partial charge in [-0.15, -0.1) is 31.8 Å². The normalized spacial score (nSPS) is 14.2. The topological polar surface area (TPSA) is 162 Å². The first-order valence-corrected chi connectivity index (χ1v) is 10.3. The van der Waals surface area contributed by atoms with Crippen LogP contribution < -0.4 is 4.90 Å². The Balaban J connectivity index is 1.69. The summed E-state index contributed by atoms with van der Waals surface area (Å²) in [7, 11) is 0. The maximum Gasteiger partial charge on any atom is 0.249 e. The van der Waals surface area contributed by atoms with Gasteiger partial charge in [-0.05, 0) is 25.3 Å². The summed E-state index contributed by atoms with van der Waals surface area (Å²) in [5.74, 6) is -0.135. The SMILES string of the molecule is N#Cc1nc(/N=N/c2cc(N3CCCCC3)c(/N=N/c3nccs3)cc2O)[nH]c1C#N. The number of H-pyrrole nitrogens is 1. The van der Waals surface area contributed by atoms with Crippen molar-refractivity contribution in [2.45, 2.75) is 19.3 Å². The second-order valence-corrected chi connectivity index (χ2v) is 7.47. The Kier molecular flexibility index (Phi) is 5.91. The number of nitrogens with zero attached hydrogens (tertiary/aromatic N) is 9. The predicted octanol–water partition coefficient (Wildman–Crippen LogP) is 5.14. The highest BCUT2D eigenvalue weighted by atomic mass is 32.1. The van der Waals surface area contributed by atoms with Crippen LogP contribution in [-0.4, -0.2) is 33.1 Å². The van der Waals surface area contributed by atoms with Crippen LogP contribution in [-0.2, 0) is 0 Å². The summed E-state index contributed by atoms with van der Waals surface area (Å²) in [6.07, 6.45) is 4.93. The first kappa shape index (κ1) is 20.1. The molecule has 1 saturated heterocycles. The molecule has 154 valence electrons. The zero-order valence-corrected chi connectivity index (χ0v) is 17.0. The molecule has 0 saturated carbocycles. The number of nitrogens with one attached hydrogen (secondary N) is 1. The molecule has 2 N–H and O–H groups in total. The van der Waals surface area contributed by atoms with E-state index in [1.54, 1.807) is 12.3 Å². The van der Waals surface area contributed by atoms with Gasteiger partial charge in [-0.2, -0.15) is 15.5 Å². The largest absolute Gasteiger partial charge is 0.506 e. The molecule has 0 radical (unpaired) electrons. The maximum absolute atomic E-state index is 10.5. The number of benzene rings is 1. The van der Waals surface area contributed by atoms with Crippen LogP contribution >= 0.6 is 11.3 Å². The van der Waals surface area contributed by atoms with E-state index in [2.05, 4.69) is 40.3 Å². The fraction of sp³-hybridized carbons (Fsp3) is 0.263. The smallest absolute Gasteiger partial charge is 0.249 e. The summed E-state index contributed by atoms with van der Waals surface area (Å²) in [6.45, 7) is 1.72. The zero-order chi connectivity index (χ0) is 21.6. The first-order chi connectivity index (χ1) is 15.2. The molecule has 1 aromatic carbocycles. The van der Waals surface area contributed by atoms with E-state index in [4.69, 9.17) is 10.5 Å². The van der Waals surface area contributed by atoms with Crippen LogP contribution in [0.1, 0.15) is 30.7 Å². The van der Waals surface area contributed by atoms with Gasteiger partial charge in [-0.3, -0.25) is 0 Å². The van der Waals surface area contributed by atoms with Crippen LogP contribution in [0.25, 0.3) is 0 Å². The number of aromatic nitrogens is 3. The monoisotopic (exact) mass is 432 g/mol. The van der Waals surface area contributed by atoms with E-state index in [-0.39, 0.29) is 28.8 Å². The highest BCUT2D eigenvalue weighted by molar-refractivity contribution is 7.13. The molecule has 4 rings (SSSR count). The van der Waals surface area contributed by atoms with Gasteiger partial charge in [0.15, 0.2) is 11.4 Å². The lowest BCUT2D eigenvalue weighted by molar-refractivity contribution is 0.476. The summed E-state index contributed by atoms with van der Waals surface area (Å²) < 4.78 is 0. The Hall–Kier alpha value is -4.16. The third kappa shape index (κ3) is 4.55. The average molecular weight is 432 g/mol. The Morgan fingerprint density at radius 2 is 1.84 bits per heavy atom. The molecule has 0 atom stereocenters. The lowest BCUT2D eigenvalue weighted by Crippen LogP contribution is -2.29. The van der Waals surface area contributed by atoms with Gasteiger partial charge in [0.2, 0.25) is 11.1 Å². The molecule has 2 aromatic heterocycles. The molecule has 0 amide bonds. The second kappa shape index (κ2) is 9.11. The van der Waals surface area contributed by atoms with Gasteiger partial charge in [0.05, 0.1) is 5.69 Å². The van der Waals surface area contributed by atoms with Gasteiger partial charge in [-0.1, -0.05) is 0 Å². The van der Waals surface area contributed by atoms with Crippen molar-refractivity contribution >= 4 is 39.5 Å². The van der Waals surface area contributed by atoms with E-state index in [1.165, 1.54) is 17.4 Å². The molecule has 1 aliphatic rings. The molecule has 11 nitrogen and oxygen atoms in total. The van der Waals surface area contributed by atoms with Gasteiger partial charge in [0.25, 0.3) is 0 Å². The lowest BCUT2D eigenvalue weighted by Gasteiger charge is -2.29. The van der Waals surface area contributed by atoms with E-state index < -0.39 is 0 Å². The second-order valence-electron chi connectivity index (χ2n) is 6.60. The Labute approximate surface area is 181 Å². The molecule has 3 aromatic rings. The van der Waals surface area contributed by atoms with Crippen LogP contribution in [0.2, 0.25) is 0 Å². The number of anilines is 1. The van der Waals surface area contributed by atoms with Gasteiger partial charge in [0, 0.05) is 30.7 Å². The van der Waals surface area contributed by atoms with Crippen molar-refractivity contribution in [3.8, 4) is 17.9 Å². The minimum Gasteiger partial charge on any atom is -0.506 e. The van der Waals surface area contributed by atoms with Crippen molar-refractivity contribution in [2.24, 2.45) is 20.5 Å². The molecule has 31 heavy (non-hydrogen) atoms. The van der Waals surface area contributed by atoms with E-state index in [9.17, 15) is 5.11 Å². The van der Waals surface area contributed by atoms with Crippen molar-refractivity contribution in [1.82, 2.24) is 15.0 Å². The van der Waals surface area contributed by atoms with E-state index >= 15 is 0 Å². The van der Waals surface area contributed by atoms with Crippen LogP contribution in [0.3, 0.4) is 0 Å². The van der Waals surface area contributed by atoms with Crippen molar-refractivity contribution < 1.29 is 5.11 Å². The zero-order valence-electron chi connectivity index (χ0n) is 16.2. The standard InChI is InChI=1S/C19H16N10OS/c20-10-14-15(11-21)24-18(23-14)27-26-13-8-16(29-5-2-1-3-6-29)12(9-17(13)30)25-28-19-22-4-7-31-19/h4,7-9,30H,1-3,5-6H2,(H,23,24)/b27-26+,28-25+. The number of piperidine rings is 1. The van der Waals surface area contributed by atoms with Crippen molar-refractivity contribution in [3.63, 3.8) is 0 Å². The quantitative estimate of drug-likeness (QED) is 0.530. The summed E-state index contributed by atoms with van der Waals surface area (Å²) >= 11 is 1.37. The molecule has 0 bridgehead atoms. The Bertz CT molecular complexity index is 1180. The number of imidazole rings is 1. The first-order valence-electron chi connectivity index (χ1n) is 9.43. The molecule has 12 heteroatoms. The van der Waals surface area contributed by atoms with E-state index in [0.29, 0.717) is 10.8 Å².